The van der Waals surface area contributed by atoms with Gasteiger partial charge in [-0.15, -0.1) is 0 Å². The fourth-order valence-corrected chi connectivity index (χ4v) is 2.08. The first-order valence-electron chi connectivity index (χ1n) is 5.98. The lowest BCUT2D eigenvalue weighted by Gasteiger charge is -2.05. The lowest BCUT2D eigenvalue weighted by atomic mass is 10.2. The molecule has 0 bridgehead atoms. The Hall–Kier alpha value is -1.55. The van der Waals surface area contributed by atoms with Gasteiger partial charge in [0, 0.05) is 6.20 Å². The second kappa shape index (κ2) is 7.46. The van der Waals surface area contributed by atoms with E-state index in [9.17, 15) is 4.79 Å². The van der Waals surface area contributed by atoms with Crippen LogP contribution < -0.4 is 0 Å². The SMILES string of the molecule is O=C(OC/C=C/c1ccccc1)c1ncc(Cl)c(Cl)c1Cl. The van der Waals surface area contributed by atoms with Crippen LogP contribution in [-0.4, -0.2) is 17.6 Å². The molecule has 2 rings (SSSR count). The average molecular weight is 343 g/mol. The van der Waals surface area contributed by atoms with Crippen molar-refractivity contribution in [2.45, 2.75) is 0 Å². The second-order valence-corrected chi connectivity index (χ2v) is 5.16. The van der Waals surface area contributed by atoms with Crippen molar-refractivity contribution >= 4 is 46.8 Å². The van der Waals surface area contributed by atoms with E-state index in [0.29, 0.717) is 0 Å². The van der Waals surface area contributed by atoms with Crippen LogP contribution in [0.15, 0.2) is 42.6 Å². The van der Waals surface area contributed by atoms with Gasteiger partial charge in [0.1, 0.15) is 6.61 Å². The Morgan fingerprint density at radius 3 is 2.57 bits per heavy atom. The zero-order valence-corrected chi connectivity index (χ0v) is 13.0. The van der Waals surface area contributed by atoms with Gasteiger partial charge in [0.05, 0.1) is 15.1 Å². The maximum atomic E-state index is 11.8. The molecular formula is C15H10Cl3NO2. The molecule has 0 spiro atoms. The molecule has 0 saturated carbocycles. The minimum absolute atomic E-state index is 0.0128. The molecule has 0 fully saturated rings. The van der Waals surface area contributed by atoms with Crippen LogP contribution in [0.3, 0.4) is 0 Å². The fourth-order valence-electron chi connectivity index (χ4n) is 1.53. The summed E-state index contributed by atoms with van der Waals surface area (Å²) in [6.45, 7) is 0.103. The maximum Gasteiger partial charge on any atom is 0.358 e. The first-order chi connectivity index (χ1) is 10.1. The number of hydrogen-bond donors (Lipinski definition) is 0. The van der Waals surface area contributed by atoms with E-state index in [1.165, 1.54) is 6.20 Å². The molecule has 6 heteroatoms. The number of pyridine rings is 1. The number of carbonyl (C=O) groups excluding carboxylic acids is 1. The van der Waals surface area contributed by atoms with Crippen molar-refractivity contribution in [2.75, 3.05) is 6.61 Å². The molecule has 0 unspecified atom stereocenters. The number of hydrogen-bond acceptors (Lipinski definition) is 3. The molecule has 2 aromatic rings. The van der Waals surface area contributed by atoms with Gasteiger partial charge in [0.15, 0.2) is 5.69 Å². The van der Waals surface area contributed by atoms with Gasteiger partial charge in [0.2, 0.25) is 0 Å². The molecular weight excluding hydrogens is 333 g/mol. The molecule has 0 N–H and O–H groups in total. The van der Waals surface area contributed by atoms with Crippen molar-refractivity contribution < 1.29 is 9.53 Å². The summed E-state index contributed by atoms with van der Waals surface area (Å²) in [5.41, 5.74) is 0.957. The number of carbonyl (C=O) groups is 1. The van der Waals surface area contributed by atoms with Crippen molar-refractivity contribution in [1.82, 2.24) is 4.98 Å². The van der Waals surface area contributed by atoms with E-state index in [1.807, 2.05) is 36.4 Å². The van der Waals surface area contributed by atoms with Gasteiger partial charge < -0.3 is 4.74 Å². The number of ether oxygens (including phenoxy) is 1. The summed E-state index contributed by atoms with van der Waals surface area (Å²) in [5.74, 6) is -0.656. The summed E-state index contributed by atoms with van der Waals surface area (Å²) in [4.78, 5) is 15.7. The highest BCUT2D eigenvalue weighted by atomic mass is 35.5. The molecule has 0 radical (unpaired) electrons. The molecule has 0 aliphatic heterocycles. The molecule has 0 aliphatic rings. The van der Waals surface area contributed by atoms with Crippen molar-refractivity contribution in [3.05, 3.63) is 68.9 Å². The number of halogens is 3. The molecule has 0 saturated heterocycles. The first kappa shape index (κ1) is 15.8. The summed E-state index contributed by atoms with van der Waals surface area (Å²) in [7, 11) is 0. The van der Waals surface area contributed by atoms with Crippen molar-refractivity contribution in [3.63, 3.8) is 0 Å². The molecule has 1 aromatic carbocycles. The topological polar surface area (TPSA) is 39.2 Å². The largest absolute Gasteiger partial charge is 0.457 e. The van der Waals surface area contributed by atoms with Crippen LogP contribution in [0.1, 0.15) is 16.1 Å². The summed E-state index contributed by atoms with van der Waals surface area (Å²) in [6.07, 6.45) is 4.82. The van der Waals surface area contributed by atoms with Crippen LogP contribution in [0.25, 0.3) is 6.08 Å². The first-order valence-corrected chi connectivity index (χ1v) is 7.11. The van der Waals surface area contributed by atoms with Gasteiger partial charge in [-0.25, -0.2) is 9.78 Å². The Morgan fingerprint density at radius 1 is 1.14 bits per heavy atom. The van der Waals surface area contributed by atoms with Crippen LogP contribution >= 0.6 is 34.8 Å². The minimum atomic E-state index is -0.656. The molecule has 0 amide bonds. The zero-order valence-electron chi connectivity index (χ0n) is 10.7. The number of esters is 1. The monoisotopic (exact) mass is 341 g/mol. The minimum Gasteiger partial charge on any atom is -0.457 e. The van der Waals surface area contributed by atoms with Crippen LogP contribution in [-0.2, 0) is 4.74 Å². The summed E-state index contributed by atoms with van der Waals surface area (Å²) in [6, 6.07) is 9.65. The Labute approximate surface area is 137 Å². The third-order valence-corrected chi connectivity index (χ3v) is 3.77. The van der Waals surface area contributed by atoms with Gasteiger partial charge in [-0.2, -0.15) is 0 Å². The van der Waals surface area contributed by atoms with E-state index in [0.717, 1.165) is 5.56 Å². The molecule has 1 heterocycles. The Kier molecular flexibility index (Phi) is 5.62. The van der Waals surface area contributed by atoms with Crippen LogP contribution in [0, 0.1) is 0 Å². The standard InChI is InChI=1S/C15H10Cl3NO2/c16-11-9-19-14(13(18)12(11)17)15(20)21-8-4-7-10-5-2-1-3-6-10/h1-7,9H,8H2/b7-4+. The Morgan fingerprint density at radius 2 is 1.86 bits per heavy atom. The van der Waals surface area contributed by atoms with Gasteiger partial charge in [-0.1, -0.05) is 71.2 Å². The van der Waals surface area contributed by atoms with E-state index >= 15 is 0 Å². The molecule has 0 atom stereocenters. The Balaban J connectivity index is 1.97. The maximum absolute atomic E-state index is 11.8. The van der Waals surface area contributed by atoms with Crippen LogP contribution in [0.2, 0.25) is 15.1 Å². The van der Waals surface area contributed by atoms with E-state index < -0.39 is 5.97 Å². The molecule has 1 aromatic heterocycles. The third-order valence-electron chi connectivity index (χ3n) is 2.53. The summed E-state index contributed by atoms with van der Waals surface area (Å²) in [5, 5.41) is 0.253. The molecule has 0 aliphatic carbocycles. The van der Waals surface area contributed by atoms with E-state index in [1.54, 1.807) is 6.08 Å². The van der Waals surface area contributed by atoms with E-state index in [-0.39, 0.29) is 27.4 Å². The molecule has 3 nitrogen and oxygen atoms in total. The second-order valence-electron chi connectivity index (χ2n) is 3.99. The Bertz CT molecular complexity index is 672. The highest BCUT2D eigenvalue weighted by Crippen LogP contribution is 2.31. The van der Waals surface area contributed by atoms with Crippen molar-refractivity contribution in [2.24, 2.45) is 0 Å². The lowest BCUT2D eigenvalue weighted by Crippen LogP contribution is -2.08. The quantitative estimate of drug-likeness (QED) is 0.741. The van der Waals surface area contributed by atoms with E-state index in [2.05, 4.69) is 4.98 Å². The van der Waals surface area contributed by atoms with E-state index in [4.69, 9.17) is 39.5 Å². The predicted molar refractivity (Wildman–Crippen MR) is 85.0 cm³/mol. The fraction of sp³-hybridized carbons (Fsp3) is 0.0667. The lowest BCUT2D eigenvalue weighted by molar-refractivity contribution is 0.0543. The smallest absolute Gasteiger partial charge is 0.358 e. The zero-order chi connectivity index (χ0) is 15.2. The van der Waals surface area contributed by atoms with Gasteiger partial charge >= 0.3 is 5.97 Å². The number of nitrogens with zero attached hydrogens (tertiary/aromatic N) is 1. The molecule has 108 valence electrons. The van der Waals surface area contributed by atoms with Gasteiger partial charge in [0.25, 0.3) is 0 Å². The molecule has 21 heavy (non-hydrogen) atoms. The predicted octanol–water partition coefficient (Wildman–Crippen LogP) is 4.91. The number of benzene rings is 1. The highest BCUT2D eigenvalue weighted by Gasteiger charge is 2.17. The van der Waals surface area contributed by atoms with Crippen molar-refractivity contribution in [3.8, 4) is 0 Å². The average Bonchev–Trinajstić information content (AvgIpc) is 2.50. The number of aromatic nitrogens is 1. The summed E-state index contributed by atoms with van der Waals surface area (Å²) >= 11 is 17.5. The third kappa shape index (κ3) is 4.21. The van der Waals surface area contributed by atoms with Crippen LogP contribution in [0.5, 0.6) is 0 Å². The van der Waals surface area contributed by atoms with Crippen LogP contribution in [0.4, 0.5) is 0 Å². The van der Waals surface area contributed by atoms with Gasteiger partial charge in [-0.3, -0.25) is 0 Å². The highest BCUT2D eigenvalue weighted by molar-refractivity contribution is 6.48. The van der Waals surface area contributed by atoms with Crippen molar-refractivity contribution in [1.29, 1.82) is 0 Å². The summed E-state index contributed by atoms with van der Waals surface area (Å²) < 4.78 is 5.05. The van der Waals surface area contributed by atoms with Gasteiger partial charge in [-0.05, 0) is 11.6 Å². The number of rotatable bonds is 4. The normalized spacial score (nSPS) is 10.8.